The first-order chi connectivity index (χ1) is 13.5. The Kier molecular flexibility index (Phi) is 5.00. The number of pyridine rings is 1. The molecule has 7 heteroatoms. The molecule has 144 valence electrons. The summed E-state index contributed by atoms with van der Waals surface area (Å²) in [4.78, 5) is 4.37. The summed E-state index contributed by atoms with van der Waals surface area (Å²) in [5.74, 6) is -0.170. The van der Waals surface area contributed by atoms with E-state index in [1.54, 1.807) is 42.5 Å². The Morgan fingerprint density at radius 2 is 1.71 bits per heavy atom. The van der Waals surface area contributed by atoms with Crippen molar-refractivity contribution < 1.29 is 12.8 Å². The third-order valence-corrected chi connectivity index (χ3v) is 6.14. The van der Waals surface area contributed by atoms with E-state index in [-0.39, 0.29) is 16.5 Å². The maximum absolute atomic E-state index is 13.7. The lowest BCUT2D eigenvalue weighted by Gasteiger charge is -2.17. The van der Waals surface area contributed by atoms with Gasteiger partial charge in [-0.05, 0) is 73.2 Å². The highest BCUT2D eigenvalue weighted by Crippen LogP contribution is 2.25. The van der Waals surface area contributed by atoms with Crippen LogP contribution >= 0.6 is 0 Å². The van der Waals surface area contributed by atoms with Crippen molar-refractivity contribution in [1.29, 1.82) is 0 Å². The number of halogens is 1. The van der Waals surface area contributed by atoms with Gasteiger partial charge in [-0.1, -0.05) is 18.2 Å². The number of nitrogens with zero attached hydrogens (tertiary/aromatic N) is 1. The number of anilines is 3. The van der Waals surface area contributed by atoms with Crippen molar-refractivity contribution in [2.75, 3.05) is 10.0 Å². The topological polar surface area (TPSA) is 71.1 Å². The minimum Gasteiger partial charge on any atom is -0.352 e. The molecule has 1 aromatic heterocycles. The summed E-state index contributed by atoms with van der Waals surface area (Å²) in [5, 5.41) is 2.91. The molecule has 1 aliphatic carbocycles. The first-order valence-electron chi connectivity index (χ1n) is 9.13. The predicted molar refractivity (Wildman–Crippen MR) is 108 cm³/mol. The van der Waals surface area contributed by atoms with Gasteiger partial charge in [-0.15, -0.1) is 0 Å². The molecule has 0 fully saturated rings. The molecule has 2 aromatic carbocycles. The van der Waals surface area contributed by atoms with Gasteiger partial charge in [-0.3, -0.25) is 4.72 Å². The van der Waals surface area contributed by atoms with Gasteiger partial charge in [0.1, 0.15) is 11.6 Å². The van der Waals surface area contributed by atoms with Crippen molar-refractivity contribution >= 4 is 27.2 Å². The van der Waals surface area contributed by atoms with E-state index in [0.29, 0.717) is 11.4 Å². The van der Waals surface area contributed by atoms with Crippen molar-refractivity contribution in [2.24, 2.45) is 0 Å². The van der Waals surface area contributed by atoms with E-state index in [4.69, 9.17) is 0 Å². The minimum atomic E-state index is -3.72. The maximum atomic E-state index is 13.7. The van der Waals surface area contributed by atoms with E-state index in [1.807, 2.05) is 6.07 Å². The second-order valence-electron chi connectivity index (χ2n) is 6.78. The van der Waals surface area contributed by atoms with Gasteiger partial charge >= 0.3 is 0 Å². The Labute approximate surface area is 163 Å². The Hall–Kier alpha value is -2.93. The number of sulfonamides is 1. The summed E-state index contributed by atoms with van der Waals surface area (Å²) in [6.45, 7) is 0. The van der Waals surface area contributed by atoms with Crippen molar-refractivity contribution in [2.45, 2.75) is 30.6 Å². The Morgan fingerprint density at radius 3 is 2.46 bits per heavy atom. The third kappa shape index (κ3) is 3.99. The zero-order chi connectivity index (χ0) is 19.6. The zero-order valence-electron chi connectivity index (χ0n) is 15.2. The van der Waals surface area contributed by atoms with Crippen molar-refractivity contribution in [3.05, 3.63) is 77.7 Å². The van der Waals surface area contributed by atoms with Crippen LogP contribution in [0.5, 0.6) is 0 Å². The standard InChI is InChI=1S/C21H20FN3O2S/c22-19-7-3-4-8-20(19)24-17-10-12-21(23-14-17)25-28(26,27)18-11-9-15-5-1-2-6-16(15)13-18/h3-4,7-14,24H,1-2,5-6H2,(H,23,25). The third-order valence-electron chi connectivity index (χ3n) is 4.79. The smallest absolute Gasteiger partial charge is 0.263 e. The van der Waals surface area contributed by atoms with E-state index in [1.165, 1.54) is 17.8 Å². The fourth-order valence-electron chi connectivity index (χ4n) is 3.32. The molecule has 1 aliphatic rings. The van der Waals surface area contributed by atoms with E-state index in [0.717, 1.165) is 31.2 Å². The first-order valence-corrected chi connectivity index (χ1v) is 10.6. The molecule has 2 N–H and O–H groups in total. The number of fused-ring (bicyclic) bond motifs is 1. The summed E-state index contributed by atoms with van der Waals surface area (Å²) in [6.07, 6.45) is 5.60. The molecule has 5 nitrogen and oxygen atoms in total. The number of rotatable bonds is 5. The number of benzene rings is 2. The molecule has 0 spiro atoms. The van der Waals surface area contributed by atoms with Gasteiger partial charge in [-0.25, -0.2) is 17.8 Å². The van der Waals surface area contributed by atoms with Crippen molar-refractivity contribution in [3.63, 3.8) is 0 Å². The summed E-state index contributed by atoms with van der Waals surface area (Å²) in [7, 11) is -3.72. The molecule has 0 atom stereocenters. The molecular formula is C21H20FN3O2S. The molecule has 0 saturated heterocycles. The number of aryl methyl sites for hydroxylation is 2. The number of hydrogen-bond donors (Lipinski definition) is 2. The van der Waals surface area contributed by atoms with Gasteiger partial charge in [0.05, 0.1) is 22.5 Å². The minimum absolute atomic E-state index is 0.205. The monoisotopic (exact) mass is 397 g/mol. The van der Waals surface area contributed by atoms with Crippen LogP contribution in [0.1, 0.15) is 24.0 Å². The summed E-state index contributed by atoms with van der Waals surface area (Å²) in [6, 6.07) is 14.8. The molecule has 28 heavy (non-hydrogen) atoms. The summed E-state index contributed by atoms with van der Waals surface area (Å²) in [5.41, 5.74) is 3.21. The van der Waals surface area contributed by atoms with Crippen molar-refractivity contribution in [3.8, 4) is 0 Å². The van der Waals surface area contributed by atoms with Crippen LogP contribution in [0.25, 0.3) is 0 Å². The van der Waals surface area contributed by atoms with Crippen LogP contribution in [-0.4, -0.2) is 13.4 Å². The normalized spacial score (nSPS) is 13.6. The van der Waals surface area contributed by atoms with Gasteiger partial charge in [0, 0.05) is 0 Å². The van der Waals surface area contributed by atoms with Crippen LogP contribution in [0.4, 0.5) is 21.6 Å². The van der Waals surface area contributed by atoms with Crippen LogP contribution in [0.15, 0.2) is 65.7 Å². The lowest BCUT2D eigenvalue weighted by molar-refractivity contribution is 0.600. The fourth-order valence-corrected chi connectivity index (χ4v) is 4.38. The Balaban J connectivity index is 1.50. The highest BCUT2D eigenvalue weighted by Gasteiger charge is 2.18. The number of para-hydroxylation sites is 1. The molecule has 4 rings (SSSR count). The Morgan fingerprint density at radius 1 is 0.929 bits per heavy atom. The van der Waals surface area contributed by atoms with Gasteiger partial charge in [-0.2, -0.15) is 0 Å². The number of hydrogen-bond acceptors (Lipinski definition) is 4. The van der Waals surface area contributed by atoms with Crippen LogP contribution in [-0.2, 0) is 22.9 Å². The van der Waals surface area contributed by atoms with E-state index in [9.17, 15) is 12.8 Å². The van der Waals surface area contributed by atoms with Crippen LogP contribution in [0.2, 0.25) is 0 Å². The number of aromatic nitrogens is 1. The molecular weight excluding hydrogens is 377 g/mol. The molecule has 0 radical (unpaired) electrons. The highest BCUT2D eigenvalue weighted by atomic mass is 32.2. The lowest BCUT2D eigenvalue weighted by atomic mass is 9.92. The molecule has 0 aliphatic heterocycles. The Bertz CT molecular complexity index is 1100. The van der Waals surface area contributed by atoms with Crippen LogP contribution < -0.4 is 10.0 Å². The quantitative estimate of drug-likeness (QED) is 0.658. The number of nitrogens with one attached hydrogen (secondary N) is 2. The second-order valence-corrected chi connectivity index (χ2v) is 8.46. The van der Waals surface area contributed by atoms with Gasteiger partial charge in [0.25, 0.3) is 10.0 Å². The predicted octanol–water partition coefficient (Wildman–Crippen LogP) is 4.64. The zero-order valence-corrected chi connectivity index (χ0v) is 16.0. The van der Waals surface area contributed by atoms with Gasteiger partial charge in [0.15, 0.2) is 0 Å². The largest absolute Gasteiger partial charge is 0.352 e. The van der Waals surface area contributed by atoms with E-state index >= 15 is 0 Å². The molecule has 0 bridgehead atoms. The molecule has 3 aromatic rings. The molecule has 0 saturated carbocycles. The summed E-state index contributed by atoms with van der Waals surface area (Å²) < 4.78 is 41.6. The average Bonchev–Trinajstić information content (AvgIpc) is 2.70. The highest BCUT2D eigenvalue weighted by molar-refractivity contribution is 7.92. The first kappa shape index (κ1) is 18.4. The average molecular weight is 397 g/mol. The fraction of sp³-hybridized carbons (Fsp3) is 0.190. The van der Waals surface area contributed by atoms with Crippen molar-refractivity contribution in [1.82, 2.24) is 4.98 Å². The lowest BCUT2D eigenvalue weighted by Crippen LogP contribution is -2.15. The van der Waals surface area contributed by atoms with Crippen LogP contribution in [0.3, 0.4) is 0 Å². The molecule has 0 amide bonds. The van der Waals surface area contributed by atoms with E-state index < -0.39 is 10.0 Å². The summed E-state index contributed by atoms with van der Waals surface area (Å²) >= 11 is 0. The molecule has 1 heterocycles. The maximum Gasteiger partial charge on any atom is 0.263 e. The van der Waals surface area contributed by atoms with Crippen LogP contribution in [0, 0.1) is 5.82 Å². The van der Waals surface area contributed by atoms with E-state index in [2.05, 4.69) is 15.0 Å². The molecule has 0 unspecified atom stereocenters. The SMILES string of the molecule is O=S(=O)(Nc1ccc(Nc2ccccc2F)cn1)c1ccc2c(c1)CCCC2. The second kappa shape index (κ2) is 7.59. The van der Waals surface area contributed by atoms with Gasteiger partial charge in [0.2, 0.25) is 0 Å². The van der Waals surface area contributed by atoms with Gasteiger partial charge < -0.3 is 5.32 Å².